The number of hydrogen-bond acceptors (Lipinski definition) is 6. The standard InChI is InChI=1S/C25H35N3O5S/c1-19(2)17-28(34(30,31)24-10-8-21(26)9-11-24)14-12-22(16-20-6-4-3-5-7-20)27-25(29)33-23-13-15-32-18-23/h3-11,19,22-23H,12-18,26H2,1-2H3,(H,27,29)/t22?,23-/m0/s1. The maximum atomic E-state index is 13.4. The van der Waals surface area contributed by atoms with E-state index in [0.717, 1.165) is 5.56 Å². The van der Waals surface area contributed by atoms with Crippen molar-refractivity contribution >= 4 is 21.8 Å². The summed E-state index contributed by atoms with van der Waals surface area (Å²) in [4.78, 5) is 12.7. The van der Waals surface area contributed by atoms with Crippen LogP contribution >= 0.6 is 0 Å². The molecule has 1 fully saturated rings. The van der Waals surface area contributed by atoms with Crippen LogP contribution in [-0.4, -0.2) is 57.3 Å². The summed E-state index contributed by atoms with van der Waals surface area (Å²) < 4.78 is 39.0. The average Bonchev–Trinajstić information content (AvgIpc) is 3.30. The van der Waals surface area contributed by atoms with Crippen molar-refractivity contribution in [1.82, 2.24) is 9.62 Å². The van der Waals surface area contributed by atoms with Gasteiger partial charge in [-0.2, -0.15) is 4.31 Å². The highest BCUT2D eigenvalue weighted by atomic mass is 32.2. The molecule has 2 aromatic carbocycles. The first-order valence-electron chi connectivity index (χ1n) is 11.7. The third-order valence-corrected chi connectivity index (χ3v) is 7.50. The van der Waals surface area contributed by atoms with Crippen LogP contribution in [0.3, 0.4) is 0 Å². The Morgan fingerprint density at radius 2 is 1.88 bits per heavy atom. The molecule has 2 atom stereocenters. The first kappa shape index (κ1) is 26.0. The second-order valence-electron chi connectivity index (χ2n) is 9.04. The van der Waals surface area contributed by atoms with Crippen molar-refractivity contribution in [1.29, 1.82) is 0 Å². The number of rotatable bonds is 11. The minimum atomic E-state index is -3.71. The Balaban J connectivity index is 1.73. The molecule has 0 bridgehead atoms. The summed E-state index contributed by atoms with van der Waals surface area (Å²) in [6, 6.07) is 15.7. The Labute approximate surface area is 202 Å². The SMILES string of the molecule is CC(C)CN(CCC(Cc1ccccc1)NC(=O)O[C@H]1CCOC1)S(=O)(=O)c1ccc(N)cc1. The number of alkyl carbamates (subject to hydrolysis) is 1. The highest BCUT2D eigenvalue weighted by Crippen LogP contribution is 2.20. The number of ether oxygens (including phenoxy) is 2. The predicted molar refractivity (Wildman–Crippen MR) is 132 cm³/mol. The molecule has 8 nitrogen and oxygen atoms in total. The topological polar surface area (TPSA) is 111 Å². The van der Waals surface area contributed by atoms with Crippen LogP contribution in [0.15, 0.2) is 59.5 Å². The summed E-state index contributed by atoms with van der Waals surface area (Å²) in [7, 11) is -3.71. The van der Waals surface area contributed by atoms with Gasteiger partial charge in [-0.15, -0.1) is 0 Å². The molecule has 0 aromatic heterocycles. The maximum Gasteiger partial charge on any atom is 0.407 e. The molecular weight excluding hydrogens is 454 g/mol. The van der Waals surface area contributed by atoms with E-state index in [4.69, 9.17) is 15.2 Å². The summed E-state index contributed by atoms with van der Waals surface area (Å²) in [5, 5.41) is 2.95. The van der Waals surface area contributed by atoms with Gasteiger partial charge in [0.05, 0.1) is 18.1 Å². The lowest BCUT2D eigenvalue weighted by Gasteiger charge is -2.27. The molecule has 186 valence electrons. The average molecular weight is 490 g/mol. The van der Waals surface area contributed by atoms with Crippen molar-refractivity contribution < 1.29 is 22.7 Å². The van der Waals surface area contributed by atoms with Gasteiger partial charge in [0.2, 0.25) is 10.0 Å². The zero-order valence-electron chi connectivity index (χ0n) is 19.9. The van der Waals surface area contributed by atoms with E-state index in [0.29, 0.717) is 44.7 Å². The highest BCUT2D eigenvalue weighted by Gasteiger charge is 2.27. The van der Waals surface area contributed by atoms with Crippen molar-refractivity contribution in [2.24, 2.45) is 5.92 Å². The fraction of sp³-hybridized carbons (Fsp3) is 0.480. The summed E-state index contributed by atoms with van der Waals surface area (Å²) in [5.41, 5.74) is 7.29. The zero-order chi connectivity index (χ0) is 24.6. The smallest absolute Gasteiger partial charge is 0.407 e. The van der Waals surface area contributed by atoms with E-state index in [1.54, 1.807) is 12.1 Å². The lowest BCUT2D eigenvalue weighted by molar-refractivity contribution is 0.0803. The molecule has 3 N–H and O–H groups in total. The van der Waals surface area contributed by atoms with E-state index in [1.165, 1.54) is 16.4 Å². The molecule has 34 heavy (non-hydrogen) atoms. The van der Waals surface area contributed by atoms with Crippen LogP contribution in [0.2, 0.25) is 0 Å². The van der Waals surface area contributed by atoms with E-state index in [1.807, 2.05) is 44.2 Å². The summed E-state index contributed by atoms with van der Waals surface area (Å²) in [6.45, 7) is 5.57. The quantitative estimate of drug-likeness (QED) is 0.468. The number of nitrogens with zero attached hydrogens (tertiary/aromatic N) is 1. The Hall–Kier alpha value is -2.62. The summed E-state index contributed by atoms with van der Waals surface area (Å²) in [6.07, 6.45) is 0.924. The number of anilines is 1. The lowest BCUT2D eigenvalue weighted by atomic mass is 10.0. The molecule has 1 saturated heterocycles. The van der Waals surface area contributed by atoms with Crippen molar-refractivity contribution in [2.45, 2.75) is 50.2 Å². The Morgan fingerprint density at radius 1 is 1.18 bits per heavy atom. The number of carbonyl (C=O) groups is 1. The molecule has 9 heteroatoms. The molecule has 1 amide bonds. The van der Waals surface area contributed by atoms with Gasteiger partial charge in [0.1, 0.15) is 6.10 Å². The van der Waals surface area contributed by atoms with Gasteiger partial charge in [0.25, 0.3) is 0 Å². The van der Waals surface area contributed by atoms with Gasteiger partial charge in [-0.1, -0.05) is 44.2 Å². The highest BCUT2D eigenvalue weighted by molar-refractivity contribution is 7.89. The van der Waals surface area contributed by atoms with Gasteiger partial charge in [0.15, 0.2) is 0 Å². The van der Waals surface area contributed by atoms with Gasteiger partial charge in [-0.3, -0.25) is 0 Å². The number of carbonyl (C=O) groups excluding carboxylic acids is 1. The normalized spacial score (nSPS) is 17.1. The van der Waals surface area contributed by atoms with E-state index >= 15 is 0 Å². The summed E-state index contributed by atoms with van der Waals surface area (Å²) >= 11 is 0. The minimum absolute atomic E-state index is 0.136. The van der Waals surface area contributed by atoms with Gasteiger partial charge in [-0.05, 0) is 48.6 Å². The largest absolute Gasteiger partial charge is 0.444 e. The Kier molecular flexibility index (Phi) is 9.32. The fourth-order valence-electron chi connectivity index (χ4n) is 3.89. The van der Waals surface area contributed by atoms with E-state index in [9.17, 15) is 13.2 Å². The number of amides is 1. The molecule has 1 unspecified atom stereocenters. The molecule has 3 rings (SSSR count). The lowest BCUT2D eigenvalue weighted by Crippen LogP contribution is -2.42. The number of benzene rings is 2. The minimum Gasteiger partial charge on any atom is -0.444 e. The molecular formula is C25H35N3O5S. The van der Waals surface area contributed by atoms with Crippen LogP contribution in [0.4, 0.5) is 10.5 Å². The van der Waals surface area contributed by atoms with Gasteiger partial charge < -0.3 is 20.5 Å². The number of nitrogens with one attached hydrogen (secondary N) is 1. The molecule has 1 aliphatic rings. The third kappa shape index (κ3) is 7.72. The van der Waals surface area contributed by atoms with E-state index in [2.05, 4.69) is 5.32 Å². The Morgan fingerprint density at radius 3 is 2.50 bits per heavy atom. The number of nitrogen functional groups attached to an aromatic ring is 1. The molecule has 1 heterocycles. The first-order chi connectivity index (χ1) is 16.2. The predicted octanol–water partition coefficient (Wildman–Crippen LogP) is 3.43. The van der Waals surface area contributed by atoms with Crippen LogP contribution in [-0.2, 0) is 25.9 Å². The van der Waals surface area contributed by atoms with Crippen molar-refractivity contribution in [3.05, 3.63) is 60.2 Å². The van der Waals surface area contributed by atoms with Crippen molar-refractivity contribution in [2.75, 3.05) is 32.0 Å². The number of hydrogen-bond donors (Lipinski definition) is 2. The van der Waals surface area contributed by atoms with Gasteiger partial charge in [-0.25, -0.2) is 13.2 Å². The fourth-order valence-corrected chi connectivity index (χ4v) is 5.51. The molecule has 0 radical (unpaired) electrons. The number of sulfonamides is 1. The van der Waals surface area contributed by atoms with E-state index < -0.39 is 16.1 Å². The van der Waals surface area contributed by atoms with Gasteiger partial charge in [0, 0.05) is 31.2 Å². The third-order valence-electron chi connectivity index (χ3n) is 5.62. The van der Waals surface area contributed by atoms with Crippen molar-refractivity contribution in [3.63, 3.8) is 0 Å². The van der Waals surface area contributed by atoms with Crippen LogP contribution in [0.5, 0.6) is 0 Å². The molecule has 0 aliphatic carbocycles. The first-order valence-corrected chi connectivity index (χ1v) is 13.1. The monoisotopic (exact) mass is 489 g/mol. The zero-order valence-corrected chi connectivity index (χ0v) is 20.7. The van der Waals surface area contributed by atoms with Crippen molar-refractivity contribution in [3.8, 4) is 0 Å². The molecule has 0 spiro atoms. The van der Waals surface area contributed by atoms with Gasteiger partial charge >= 0.3 is 6.09 Å². The second-order valence-corrected chi connectivity index (χ2v) is 11.0. The Bertz CT molecular complexity index is 1010. The van der Waals surface area contributed by atoms with Crippen LogP contribution in [0.1, 0.15) is 32.3 Å². The van der Waals surface area contributed by atoms with E-state index in [-0.39, 0.29) is 29.5 Å². The molecule has 0 saturated carbocycles. The molecule has 2 aromatic rings. The molecule has 1 aliphatic heterocycles. The van der Waals surface area contributed by atoms with Crippen LogP contribution < -0.4 is 11.1 Å². The maximum absolute atomic E-state index is 13.4. The summed E-state index contributed by atoms with van der Waals surface area (Å²) in [5.74, 6) is 0.136. The van der Waals surface area contributed by atoms with Crippen LogP contribution in [0, 0.1) is 5.92 Å². The van der Waals surface area contributed by atoms with Crippen LogP contribution in [0.25, 0.3) is 0 Å². The second kappa shape index (κ2) is 12.2. The number of nitrogens with two attached hydrogens (primary N) is 1.